The molecule has 0 aliphatic rings. The molecule has 1 atom stereocenters. The molecule has 5 nitrogen and oxygen atoms in total. The van der Waals surface area contributed by atoms with E-state index in [1.807, 2.05) is 0 Å². The minimum absolute atomic E-state index is 0.211. The molecule has 1 N–H and O–H groups in total. The zero-order chi connectivity index (χ0) is 17.3. The first-order valence-corrected chi connectivity index (χ1v) is 8.60. The normalized spacial score (nSPS) is 13.8. The van der Waals surface area contributed by atoms with E-state index >= 15 is 0 Å². The van der Waals surface area contributed by atoms with Crippen molar-refractivity contribution in [3.8, 4) is 0 Å². The molecule has 9 heteroatoms. The molecule has 0 saturated carbocycles. The topological polar surface area (TPSA) is 64.0 Å². The molecular formula is C14H16F3N3O2S. The number of rotatable bonds is 5. The second-order valence-corrected chi connectivity index (χ2v) is 7.24. The van der Waals surface area contributed by atoms with Crippen LogP contribution in [0.4, 0.5) is 19.0 Å². The second kappa shape index (κ2) is 6.23. The zero-order valence-corrected chi connectivity index (χ0v) is 13.3. The number of aromatic nitrogens is 2. The molecule has 2 aromatic rings. The van der Waals surface area contributed by atoms with Crippen LogP contribution in [0, 0.1) is 0 Å². The number of halogens is 3. The Balaban J connectivity index is 2.06. The predicted molar refractivity (Wildman–Crippen MR) is 79.9 cm³/mol. The lowest BCUT2D eigenvalue weighted by Crippen LogP contribution is -2.18. The van der Waals surface area contributed by atoms with Crippen molar-refractivity contribution in [1.82, 2.24) is 9.78 Å². The molecule has 23 heavy (non-hydrogen) atoms. The number of anilines is 1. The Morgan fingerprint density at radius 3 is 2.35 bits per heavy atom. The molecule has 126 valence electrons. The lowest BCUT2D eigenvalue weighted by molar-refractivity contribution is -0.142. The Kier molecular flexibility index (Phi) is 4.69. The van der Waals surface area contributed by atoms with E-state index < -0.39 is 22.6 Å². The van der Waals surface area contributed by atoms with Gasteiger partial charge in [-0.3, -0.25) is 4.68 Å². The van der Waals surface area contributed by atoms with E-state index in [1.54, 1.807) is 19.1 Å². The fraction of sp³-hybridized carbons (Fsp3) is 0.357. The van der Waals surface area contributed by atoms with Crippen molar-refractivity contribution in [2.24, 2.45) is 0 Å². The summed E-state index contributed by atoms with van der Waals surface area (Å²) in [6.45, 7) is 0.657. The number of benzene rings is 1. The van der Waals surface area contributed by atoms with Crippen molar-refractivity contribution in [3.05, 3.63) is 42.1 Å². The highest BCUT2D eigenvalue weighted by molar-refractivity contribution is 7.90. The third kappa shape index (κ3) is 4.98. The summed E-state index contributed by atoms with van der Waals surface area (Å²) in [4.78, 5) is 0.211. The first-order chi connectivity index (χ1) is 10.5. The molecule has 0 spiro atoms. The summed E-state index contributed by atoms with van der Waals surface area (Å²) >= 11 is 0. The molecule has 0 aliphatic heterocycles. The van der Waals surface area contributed by atoms with Gasteiger partial charge < -0.3 is 5.32 Å². The van der Waals surface area contributed by atoms with Crippen molar-refractivity contribution in [3.63, 3.8) is 0 Å². The van der Waals surface area contributed by atoms with Gasteiger partial charge in [0.2, 0.25) is 0 Å². The number of hydrogen-bond acceptors (Lipinski definition) is 4. The first kappa shape index (κ1) is 17.3. The highest BCUT2D eigenvalue weighted by atomic mass is 32.2. The Bertz CT molecular complexity index is 767. The minimum atomic E-state index is -4.32. The molecule has 1 aromatic heterocycles. The summed E-state index contributed by atoms with van der Waals surface area (Å²) in [6, 6.07) is 7.50. The van der Waals surface area contributed by atoms with Gasteiger partial charge in [0.1, 0.15) is 12.4 Å². The van der Waals surface area contributed by atoms with Crippen LogP contribution in [0.3, 0.4) is 0 Å². The molecule has 0 amide bonds. The van der Waals surface area contributed by atoms with Crippen LogP contribution in [0.1, 0.15) is 18.5 Å². The highest BCUT2D eigenvalue weighted by Gasteiger charge is 2.28. The molecule has 1 heterocycles. The van der Waals surface area contributed by atoms with Crippen molar-refractivity contribution < 1.29 is 21.6 Å². The van der Waals surface area contributed by atoms with Gasteiger partial charge in [-0.25, -0.2) is 8.42 Å². The smallest absolute Gasteiger partial charge is 0.362 e. The largest absolute Gasteiger partial charge is 0.408 e. The van der Waals surface area contributed by atoms with Gasteiger partial charge in [-0.2, -0.15) is 18.3 Å². The number of nitrogens with one attached hydrogen (secondary N) is 1. The molecule has 1 unspecified atom stereocenters. The van der Waals surface area contributed by atoms with E-state index in [2.05, 4.69) is 10.4 Å². The van der Waals surface area contributed by atoms with Gasteiger partial charge in [-0.05, 0) is 24.6 Å². The maximum Gasteiger partial charge on any atom is 0.408 e. The van der Waals surface area contributed by atoms with Crippen molar-refractivity contribution in [2.45, 2.75) is 30.6 Å². The Morgan fingerprint density at radius 2 is 1.83 bits per heavy atom. The number of sulfone groups is 1. The van der Waals surface area contributed by atoms with Gasteiger partial charge in [0.05, 0.1) is 4.90 Å². The van der Waals surface area contributed by atoms with Gasteiger partial charge >= 0.3 is 6.18 Å². The van der Waals surface area contributed by atoms with Gasteiger partial charge in [0.25, 0.3) is 0 Å². The average molecular weight is 347 g/mol. The monoisotopic (exact) mass is 347 g/mol. The highest BCUT2D eigenvalue weighted by Crippen LogP contribution is 2.21. The molecule has 2 rings (SSSR count). The van der Waals surface area contributed by atoms with E-state index in [-0.39, 0.29) is 10.9 Å². The summed E-state index contributed by atoms with van der Waals surface area (Å²) < 4.78 is 60.5. The van der Waals surface area contributed by atoms with Crippen LogP contribution in [0.5, 0.6) is 0 Å². The van der Waals surface area contributed by atoms with Crippen LogP contribution in [0.25, 0.3) is 0 Å². The molecular weight excluding hydrogens is 331 g/mol. The number of alkyl halides is 3. The summed E-state index contributed by atoms with van der Waals surface area (Å²) in [5, 5.41) is 6.78. The van der Waals surface area contributed by atoms with Crippen molar-refractivity contribution in [1.29, 1.82) is 0 Å². The summed E-state index contributed by atoms with van der Waals surface area (Å²) in [6.07, 6.45) is -1.96. The van der Waals surface area contributed by atoms with E-state index in [0.29, 0.717) is 5.82 Å². The fourth-order valence-electron chi connectivity index (χ4n) is 2.02. The summed E-state index contributed by atoms with van der Waals surface area (Å²) in [5.74, 6) is 0.314. The quantitative estimate of drug-likeness (QED) is 0.903. The zero-order valence-electron chi connectivity index (χ0n) is 12.5. The lowest BCUT2D eigenvalue weighted by Gasteiger charge is -2.14. The van der Waals surface area contributed by atoms with E-state index in [9.17, 15) is 21.6 Å². The summed E-state index contributed by atoms with van der Waals surface area (Å²) in [7, 11) is -3.26. The SMILES string of the molecule is CC(Nc1ccn(CC(F)(F)F)n1)c1ccc(S(C)(=O)=O)cc1. The van der Waals surface area contributed by atoms with Gasteiger partial charge in [-0.1, -0.05) is 12.1 Å². The molecule has 0 bridgehead atoms. The van der Waals surface area contributed by atoms with Crippen LogP contribution in [0.15, 0.2) is 41.4 Å². The molecule has 0 saturated heterocycles. The summed E-state index contributed by atoms with van der Waals surface area (Å²) in [5.41, 5.74) is 0.794. The van der Waals surface area contributed by atoms with Crippen LogP contribution in [-0.4, -0.2) is 30.6 Å². The van der Waals surface area contributed by atoms with E-state index in [1.165, 1.54) is 24.4 Å². The van der Waals surface area contributed by atoms with Crippen LogP contribution in [0.2, 0.25) is 0 Å². The third-order valence-electron chi connectivity index (χ3n) is 3.15. The predicted octanol–water partition coefficient (Wildman–Crippen LogP) is 3.02. The van der Waals surface area contributed by atoms with E-state index in [4.69, 9.17) is 0 Å². The maximum atomic E-state index is 12.3. The van der Waals surface area contributed by atoms with Crippen molar-refractivity contribution in [2.75, 3.05) is 11.6 Å². The molecule has 0 fully saturated rings. The van der Waals surface area contributed by atoms with Gasteiger partial charge in [0, 0.05) is 24.6 Å². The van der Waals surface area contributed by atoms with Gasteiger partial charge in [-0.15, -0.1) is 0 Å². The Morgan fingerprint density at radius 1 is 1.22 bits per heavy atom. The minimum Gasteiger partial charge on any atom is -0.362 e. The molecule has 0 radical (unpaired) electrons. The molecule has 1 aromatic carbocycles. The van der Waals surface area contributed by atoms with Crippen LogP contribution in [-0.2, 0) is 16.4 Å². The number of nitrogens with zero attached hydrogens (tertiary/aromatic N) is 2. The first-order valence-electron chi connectivity index (χ1n) is 6.71. The Hall–Kier alpha value is -2.03. The second-order valence-electron chi connectivity index (χ2n) is 5.22. The standard InChI is InChI=1S/C14H16F3N3O2S/c1-10(11-3-5-12(6-4-11)23(2,21)22)18-13-7-8-20(19-13)9-14(15,16)17/h3-8,10H,9H2,1-2H3,(H,18,19). The van der Waals surface area contributed by atoms with Gasteiger partial charge in [0.15, 0.2) is 9.84 Å². The van der Waals surface area contributed by atoms with Crippen molar-refractivity contribution >= 4 is 15.7 Å². The van der Waals surface area contributed by atoms with Crippen LogP contribution < -0.4 is 5.32 Å². The maximum absolute atomic E-state index is 12.3. The lowest BCUT2D eigenvalue weighted by atomic mass is 10.1. The number of hydrogen-bond donors (Lipinski definition) is 1. The van der Waals surface area contributed by atoms with Crippen LogP contribution >= 0.6 is 0 Å². The third-order valence-corrected chi connectivity index (χ3v) is 4.28. The fourth-order valence-corrected chi connectivity index (χ4v) is 2.65. The van der Waals surface area contributed by atoms with E-state index in [0.717, 1.165) is 16.5 Å². The molecule has 0 aliphatic carbocycles. The average Bonchev–Trinajstić information content (AvgIpc) is 2.82. The Labute approximate surface area is 132 Å².